The Morgan fingerprint density at radius 3 is 2.74 bits per heavy atom. The van der Waals surface area contributed by atoms with Crippen LogP contribution in [0.4, 0.5) is 5.69 Å². The van der Waals surface area contributed by atoms with E-state index in [0.717, 1.165) is 65.7 Å². The lowest BCUT2D eigenvalue weighted by atomic mass is 10.1. The van der Waals surface area contributed by atoms with E-state index in [1.165, 1.54) is 0 Å². The fourth-order valence-electron chi connectivity index (χ4n) is 3.17. The molecule has 0 radical (unpaired) electrons. The predicted molar refractivity (Wildman–Crippen MR) is 115 cm³/mol. The molecule has 1 unspecified atom stereocenters. The van der Waals surface area contributed by atoms with E-state index < -0.39 is 0 Å². The van der Waals surface area contributed by atoms with E-state index in [9.17, 15) is 0 Å². The first kappa shape index (κ1) is 19.7. The number of nitrogens with one attached hydrogen (secondary N) is 2. The lowest BCUT2D eigenvalue weighted by Crippen LogP contribution is -2.25. The normalized spacial score (nSPS) is 12.4. The van der Waals surface area contributed by atoms with E-state index in [0.29, 0.717) is 11.1 Å². The summed E-state index contributed by atoms with van der Waals surface area (Å²) in [4.78, 5) is 4.77. The second-order valence-electron chi connectivity index (χ2n) is 6.76. The van der Waals surface area contributed by atoms with E-state index in [1.807, 2.05) is 36.4 Å². The lowest BCUT2D eigenvalue weighted by molar-refractivity contribution is 0.415. The van der Waals surface area contributed by atoms with Gasteiger partial charge in [-0.3, -0.25) is 0 Å². The third-order valence-corrected chi connectivity index (χ3v) is 4.88. The van der Waals surface area contributed by atoms with E-state index in [2.05, 4.69) is 17.6 Å². The van der Waals surface area contributed by atoms with Gasteiger partial charge in [0.25, 0.3) is 0 Å². The first-order valence-electron chi connectivity index (χ1n) is 9.36. The maximum absolute atomic E-state index is 6.19. The SMILES string of the molecule is COc1ccc2nc3cc(Cl)ccc3c(NC(C)CCNCCCN)c2c1. The van der Waals surface area contributed by atoms with Crippen LogP contribution in [0.15, 0.2) is 36.4 Å². The Balaban J connectivity index is 1.92. The van der Waals surface area contributed by atoms with Gasteiger partial charge in [0.05, 0.1) is 23.8 Å². The zero-order valence-electron chi connectivity index (χ0n) is 15.9. The zero-order chi connectivity index (χ0) is 19.2. The van der Waals surface area contributed by atoms with Gasteiger partial charge in [0, 0.05) is 21.8 Å². The number of benzene rings is 2. The smallest absolute Gasteiger partial charge is 0.119 e. The van der Waals surface area contributed by atoms with Gasteiger partial charge in [-0.1, -0.05) is 11.6 Å². The number of halogens is 1. The number of ether oxygens (including phenoxy) is 1. The number of aromatic nitrogens is 1. The van der Waals surface area contributed by atoms with Crippen molar-refractivity contribution in [3.63, 3.8) is 0 Å². The third kappa shape index (κ3) is 4.80. The quantitative estimate of drug-likeness (QED) is 0.380. The number of methoxy groups -OCH3 is 1. The molecular formula is C21H27ClN4O. The summed E-state index contributed by atoms with van der Waals surface area (Å²) in [6.07, 6.45) is 2.01. The van der Waals surface area contributed by atoms with Gasteiger partial charge in [-0.15, -0.1) is 0 Å². The molecule has 0 aliphatic rings. The Bertz CT molecular complexity index is 915. The van der Waals surface area contributed by atoms with Gasteiger partial charge < -0.3 is 21.1 Å². The molecule has 3 aromatic rings. The number of nitrogens with zero attached hydrogens (tertiary/aromatic N) is 1. The van der Waals surface area contributed by atoms with Crippen molar-refractivity contribution < 1.29 is 4.74 Å². The molecule has 2 aromatic carbocycles. The second-order valence-corrected chi connectivity index (χ2v) is 7.19. The molecule has 0 fully saturated rings. The summed E-state index contributed by atoms with van der Waals surface area (Å²) in [6.45, 7) is 4.82. The van der Waals surface area contributed by atoms with Crippen LogP contribution in [0, 0.1) is 0 Å². The zero-order valence-corrected chi connectivity index (χ0v) is 16.6. The van der Waals surface area contributed by atoms with Gasteiger partial charge in [-0.2, -0.15) is 0 Å². The Kier molecular flexibility index (Phi) is 6.72. The van der Waals surface area contributed by atoms with Crippen LogP contribution in [-0.4, -0.2) is 37.8 Å². The molecule has 1 heterocycles. The van der Waals surface area contributed by atoms with Gasteiger partial charge in [0.1, 0.15) is 5.75 Å². The van der Waals surface area contributed by atoms with Crippen LogP contribution in [0.1, 0.15) is 19.8 Å². The van der Waals surface area contributed by atoms with Crippen LogP contribution in [0.25, 0.3) is 21.8 Å². The topological polar surface area (TPSA) is 72.2 Å². The van der Waals surface area contributed by atoms with Gasteiger partial charge in [0.15, 0.2) is 0 Å². The minimum Gasteiger partial charge on any atom is -0.497 e. The maximum Gasteiger partial charge on any atom is 0.119 e. The molecule has 27 heavy (non-hydrogen) atoms. The highest BCUT2D eigenvalue weighted by atomic mass is 35.5. The number of pyridine rings is 1. The van der Waals surface area contributed by atoms with Gasteiger partial charge in [-0.05, 0) is 75.8 Å². The number of nitrogens with two attached hydrogens (primary N) is 1. The van der Waals surface area contributed by atoms with Crippen molar-refractivity contribution in [3.05, 3.63) is 41.4 Å². The lowest BCUT2D eigenvalue weighted by Gasteiger charge is -2.19. The molecule has 144 valence electrons. The van der Waals surface area contributed by atoms with Gasteiger partial charge in [0.2, 0.25) is 0 Å². The Morgan fingerprint density at radius 1 is 1.11 bits per heavy atom. The first-order valence-corrected chi connectivity index (χ1v) is 9.74. The minimum atomic E-state index is 0.297. The molecule has 3 rings (SSSR count). The minimum absolute atomic E-state index is 0.297. The molecule has 5 nitrogen and oxygen atoms in total. The average molecular weight is 387 g/mol. The molecule has 0 saturated carbocycles. The maximum atomic E-state index is 6.19. The van der Waals surface area contributed by atoms with E-state index in [4.69, 9.17) is 27.1 Å². The number of fused-ring (bicyclic) bond motifs is 2. The fourth-order valence-corrected chi connectivity index (χ4v) is 3.33. The van der Waals surface area contributed by atoms with Crippen molar-refractivity contribution in [2.75, 3.05) is 32.1 Å². The second kappa shape index (κ2) is 9.22. The van der Waals surface area contributed by atoms with Crippen molar-refractivity contribution in [3.8, 4) is 5.75 Å². The summed E-state index contributed by atoms with van der Waals surface area (Å²) in [5.41, 5.74) is 8.41. The Labute approximate surface area is 165 Å². The van der Waals surface area contributed by atoms with Crippen LogP contribution >= 0.6 is 11.6 Å². The van der Waals surface area contributed by atoms with Crippen LogP contribution in [0.2, 0.25) is 5.02 Å². The summed E-state index contributed by atoms with van der Waals surface area (Å²) in [5, 5.41) is 9.91. The third-order valence-electron chi connectivity index (χ3n) is 4.65. The van der Waals surface area contributed by atoms with Crippen molar-refractivity contribution in [2.24, 2.45) is 5.73 Å². The molecule has 1 atom stereocenters. The molecule has 6 heteroatoms. The van der Waals surface area contributed by atoms with Crippen LogP contribution in [0.5, 0.6) is 5.75 Å². The number of rotatable bonds is 9. The largest absolute Gasteiger partial charge is 0.497 e. The standard InChI is InChI=1S/C21H27ClN4O/c1-14(8-11-24-10-3-9-23)25-21-17-6-4-15(22)12-20(17)26-19-7-5-16(27-2)13-18(19)21/h4-7,12-14,24H,3,8-11,23H2,1-2H3,(H,25,26). The van der Waals surface area contributed by atoms with Crippen molar-refractivity contribution in [1.82, 2.24) is 10.3 Å². The summed E-state index contributed by atoms with van der Waals surface area (Å²) in [6, 6.07) is 12.1. The van der Waals surface area contributed by atoms with Crippen LogP contribution < -0.4 is 21.1 Å². The van der Waals surface area contributed by atoms with Crippen molar-refractivity contribution >= 4 is 39.1 Å². The molecule has 0 bridgehead atoms. The molecule has 0 saturated heterocycles. The number of anilines is 1. The van der Waals surface area contributed by atoms with Crippen LogP contribution in [0.3, 0.4) is 0 Å². The molecule has 0 amide bonds. The highest BCUT2D eigenvalue weighted by Crippen LogP contribution is 2.34. The number of hydrogen-bond donors (Lipinski definition) is 3. The fraction of sp³-hybridized carbons (Fsp3) is 0.381. The van der Waals surface area contributed by atoms with E-state index in [-0.39, 0.29) is 0 Å². The highest BCUT2D eigenvalue weighted by Gasteiger charge is 2.13. The van der Waals surface area contributed by atoms with Crippen molar-refractivity contribution in [2.45, 2.75) is 25.8 Å². The molecule has 0 aliphatic carbocycles. The molecular weight excluding hydrogens is 360 g/mol. The van der Waals surface area contributed by atoms with E-state index >= 15 is 0 Å². The van der Waals surface area contributed by atoms with Crippen molar-refractivity contribution in [1.29, 1.82) is 0 Å². The molecule has 4 N–H and O–H groups in total. The summed E-state index contributed by atoms with van der Waals surface area (Å²) in [7, 11) is 1.68. The summed E-state index contributed by atoms with van der Waals surface area (Å²) < 4.78 is 5.42. The summed E-state index contributed by atoms with van der Waals surface area (Å²) in [5.74, 6) is 0.816. The molecule has 0 spiro atoms. The van der Waals surface area contributed by atoms with E-state index in [1.54, 1.807) is 7.11 Å². The van der Waals surface area contributed by atoms with Crippen LogP contribution in [-0.2, 0) is 0 Å². The highest BCUT2D eigenvalue weighted by molar-refractivity contribution is 6.31. The Hall–Kier alpha value is -2.08. The number of hydrogen-bond acceptors (Lipinski definition) is 5. The molecule has 0 aliphatic heterocycles. The van der Waals surface area contributed by atoms with Gasteiger partial charge >= 0.3 is 0 Å². The predicted octanol–water partition coefficient (Wildman–Crippen LogP) is 4.18. The average Bonchev–Trinajstić information content (AvgIpc) is 2.67. The molecule has 1 aromatic heterocycles. The first-order chi connectivity index (χ1) is 13.1. The summed E-state index contributed by atoms with van der Waals surface area (Å²) >= 11 is 6.19. The monoisotopic (exact) mass is 386 g/mol. The van der Waals surface area contributed by atoms with Gasteiger partial charge in [-0.25, -0.2) is 4.98 Å². The Morgan fingerprint density at radius 2 is 1.96 bits per heavy atom.